The van der Waals surface area contributed by atoms with Crippen LogP contribution in [-0.2, 0) is 0 Å². The van der Waals surface area contributed by atoms with Gasteiger partial charge in [0.1, 0.15) is 0 Å². The largest absolute Gasteiger partial charge is 0.141 e. The van der Waals surface area contributed by atoms with Gasteiger partial charge >= 0.3 is 0 Å². The van der Waals surface area contributed by atoms with E-state index < -0.39 is 0 Å². The molecule has 0 N–H and O–H groups in total. The summed E-state index contributed by atoms with van der Waals surface area (Å²) in [5, 5.41) is 0. The van der Waals surface area contributed by atoms with E-state index in [-0.39, 0.29) is 11.5 Å². The fourth-order valence-electron chi connectivity index (χ4n) is 0.886. The summed E-state index contributed by atoms with van der Waals surface area (Å²) in [4.78, 5) is 0. The van der Waals surface area contributed by atoms with Crippen molar-refractivity contribution in [2.24, 2.45) is 5.41 Å². The molecule has 0 saturated carbocycles. The Bertz CT molecular complexity index is 59.3. The second-order valence-corrected chi connectivity index (χ2v) is 3.61. The van der Waals surface area contributed by atoms with Crippen LogP contribution in [0.25, 0.3) is 0 Å². The molecule has 0 aromatic heterocycles. The van der Waals surface area contributed by atoms with Crippen molar-refractivity contribution in [2.75, 3.05) is 0 Å². The summed E-state index contributed by atoms with van der Waals surface area (Å²) in [6.07, 6.45) is 0.882. The van der Waals surface area contributed by atoms with Crippen LogP contribution in [0.1, 0.15) is 34.1 Å². The van der Waals surface area contributed by atoms with Crippen molar-refractivity contribution in [1.29, 1.82) is 0 Å². The van der Waals surface area contributed by atoms with Crippen LogP contribution < -0.4 is 5.73 Å². The number of hydrogen-bond acceptors (Lipinski definition) is 0. The van der Waals surface area contributed by atoms with Gasteiger partial charge < -0.3 is 0 Å². The van der Waals surface area contributed by atoms with E-state index in [2.05, 4.69) is 20.8 Å². The van der Waals surface area contributed by atoms with Gasteiger partial charge in [-0.15, -0.1) is 5.73 Å². The van der Waals surface area contributed by atoms with E-state index in [9.17, 15) is 0 Å². The highest BCUT2D eigenvalue weighted by atomic mass is 14.6. The molecule has 0 amide bonds. The average molecular weight is 113 g/mol. The first-order valence-corrected chi connectivity index (χ1v) is 3.10. The first kappa shape index (κ1) is 7.96. The topological polar surface area (TPSA) is 22.3 Å². The Morgan fingerprint density at radius 2 is 1.75 bits per heavy atom. The normalized spacial score (nSPS) is 16.1. The molecule has 1 heteroatoms. The predicted molar refractivity (Wildman–Crippen MR) is 35.7 cm³/mol. The fourth-order valence-corrected chi connectivity index (χ4v) is 0.886. The lowest BCUT2D eigenvalue weighted by Crippen LogP contribution is -2.15. The highest BCUT2D eigenvalue weighted by Crippen LogP contribution is 2.19. The molecule has 0 fully saturated rings. The minimum atomic E-state index is -0.157. The summed E-state index contributed by atoms with van der Waals surface area (Å²) in [5.41, 5.74) is 9.16. The van der Waals surface area contributed by atoms with Gasteiger partial charge in [-0.05, 0) is 18.8 Å². The highest BCUT2D eigenvalue weighted by Gasteiger charge is 2.12. The van der Waals surface area contributed by atoms with E-state index in [0.29, 0.717) is 0 Å². The van der Waals surface area contributed by atoms with Crippen LogP contribution in [-0.4, -0.2) is 6.04 Å². The van der Waals surface area contributed by atoms with E-state index in [1.165, 1.54) is 0 Å². The van der Waals surface area contributed by atoms with Crippen molar-refractivity contribution in [3.63, 3.8) is 0 Å². The molecule has 1 atom stereocenters. The Hall–Kier alpha value is -0.0400. The number of rotatable bonds is 1. The molecule has 0 aromatic rings. The fraction of sp³-hybridized carbons (Fsp3) is 1.00. The molecule has 0 aromatic carbocycles. The zero-order valence-electron chi connectivity index (χ0n) is 6.23. The van der Waals surface area contributed by atoms with Crippen LogP contribution in [0.5, 0.6) is 0 Å². The van der Waals surface area contributed by atoms with Gasteiger partial charge in [-0.1, -0.05) is 20.8 Å². The van der Waals surface area contributed by atoms with Crippen molar-refractivity contribution in [3.05, 3.63) is 0 Å². The molecule has 0 aliphatic rings. The molecule has 0 rings (SSSR count). The van der Waals surface area contributed by atoms with Crippen LogP contribution >= 0.6 is 0 Å². The van der Waals surface area contributed by atoms with Crippen molar-refractivity contribution < 1.29 is 0 Å². The SMILES string of the molecule is CC([N])CC(C)(C)C. The third-order valence-electron chi connectivity index (χ3n) is 0.908. The molecule has 1 unspecified atom stereocenters. The Morgan fingerprint density at radius 1 is 1.38 bits per heavy atom. The van der Waals surface area contributed by atoms with Gasteiger partial charge in [-0.3, -0.25) is 0 Å². The molecule has 0 bridgehead atoms. The maximum Gasteiger partial charge on any atom is 0.0410 e. The molecular formula is C7H15N. The molecule has 0 aliphatic heterocycles. The molecule has 0 aliphatic carbocycles. The summed E-state index contributed by atoms with van der Waals surface area (Å²) < 4.78 is 0. The Kier molecular flexibility index (Phi) is 2.48. The highest BCUT2D eigenvalue weighted by molar-refractivity contribution is 4.66. The van der Waals surface area contributed by atoms with E-state index in [1.807, 2.05) is 6.92 Å². The van der Waals surface area contributed by atoms with Crippen molar-refractivity contribution >= 4 is 0 Å². The molecule has 0 saturated heterocycles. The van der Waals surface area contributed by atoms with Crippen molar-refractivity contribution in [3.8, 4) is 0 Å². The van der Waals surface area contributed by atoms with Crippen LogP contribution in [0.15, 0.2) is 0 Å². The third-order valence-corrected chi connectivity index (χ3v) is 0.908. The lowest BCUT2D eigenvalue weighted by atomic mass is 9.89. The van der Waals surface area contributed by atoms with Gasteiger partial charge in [0.25, 0.3) is 0 Å². The smallest absolute Gasteiger partial charge is 0.0410 e. The number of hydrogen-bond donors (Lipinski definition) is 0. The van der Waals surface area contributed by atoms with E-state index in [1.54, 1.807) is 0 Å². The summed E-state index contributed by atoms with van der Waals surface area (Å²) in [6, 6.07) is -0.157. The van der Waals surface area contributed by atoms with Crippen LogP contribution in [0.2, 0.25) is 0 Å². The van der Waals surface area contributed by atoms with Crippen molar-refractivity contribution in [1.82, 2.24) is 5.73 Å². The lowest BCUT2D eigenvalue weighted by Gasteiger charge is -2.18. The zero-order valence-corrected chi connectivity index (χ0v) is 6.23. The first-order chi connectivity index (χ1) is 3.42. The zero-order chi connectivity index (χ0) is 6.78. The average Bonchev–Trinajstić information content (AvgIpc) is 1.21. The van der Waals surface area contributed by atoms with E-state index in [0.717, 1.165) is 6.42 Å². The quantitative estimate of drug-likeness (QED) is 0.495. The molecule has 8 heavy (non-hydrogen) atoms. The van der Waals surface area contributed by atoms with E-state index >= 15 is 0 Å². The molecular weight excluding hydrogens is 98.1 g/mol. The molecule has 0 heterocycles. The van der Waals surface area contributed by atoms with Crippen LogP contribution in [0.3, 0.4) is 0 Å². The molecule has 48 valence electrons. The van der Waals surface area contributed by atoms with Gasteiger partial charge in [-0.25, -0.2) is 0 Å². The summed E-state index contributed by atoms with van der Waals surface area (Å²) in [5.74, 6) is 0. The minimum absolute atomic E-state index is 0.157. The maximum atomic E-state index is 8.89. The molecule has 0 spiro atoms. The van der Waals surface area contributed by atoms with E-state index in [4.69, 9.17) is 5.73 Å². The van der Waals surface area contributed by atoms with Gasteiger partial charge in [0.15, 0.2) is 0 Å². The first-order valence-electron chi connectivity index (χ1n) is 3.10. The van der Waals surface area contributed by atoms with Crippen LogP contribution in [0.4, 0.5) is 0 Å². The summed E-state index contributed by atoms with van der Waals surface area (Å²) >= 11 is 0. The second-order valence-electron chi connectivity index (χ2n) is 3.61. The van der Waals surface area contributed by atoms with Gasteiger partial charge in [-0.2, -0.15) is 0 Å². The maximum absolute atomic E-state index is 8.89. The van der Waals surface area contributed by atoms with Gasteiger partial charge in [0.05, 0.1) is 0 Å². The Morgan fingerprint density at radius 3 is 1.75 bits per heavy atom. The second kappa shape index (κ2) is 2.49. The molecule has 1 nitrogen and oxygen atoms in total. The van der Waals surface area contributed by atoms with Crippen molar-refractivity contribution in [2.45, 2.75) is 40.2 Å². The Balaban J connectivity index is 3.39. The van der Waals surface area contributed by atoms with Gasteiger partial charge in [0, 0.05) is 6.04 Å². The summed E-state index contributed by atoms with van der Waals surface area (Å²) in [7, 11) is 0. The number of nitrogens with zero attached hydrogens (tertiary/aromatic N) is 1. The third kappa shape index (κ3) is 5.96. The van der Waals surface area contributed by atoms with Crippen LogP contribution in [0, 0.1) is 5.41 Å². The lowest BCUT2D eigenvalue weighted by molar-refractivity contribution is 0.345. The molecule has 2 radical (unpaired) electrons. The minimum Gasteiger partial charge on any atom is -0.141 e. The van der Waals surface area contributed by atoms with Gasteiger partial charge in [0.2, 0.25) is 0 Å². The standard InChI is InChI=1S/C7H15N/c1-6(8)5-7(2,3)4/h6H,5H2,1-4H3. The predicted octanol–water partition coefficient (Wildman–Crippen LogP) is 1.88. The summed E-state index contributed by atoms with van der Waals surface area (Å²) in [6.45, 7) is 8.20. The Labute approximate surface area is 52.3 Å². The monoisotopic (exact) mass is 113 g/mol.